The lowest BCUT2D eigenvalue weighted by molar-refractivity contribution is -0.390. The number of ether oxygens (including phenoxy) is 1. The van der Waals surface area contributed by atoms with Gasteiger partial charge < -0.3 is 14.9 Å². The number of rotatable bonds is 3. The van der Waals surface area contributed by atoms with Crippen molar-refractivity contribution in [2.75, 3.05) is 6.86 Å². The molecular weight excluding hydrogens is 247 g/mol. The Balaban J connectivity index is 2.98. The van der Waals surface area contributed by atoms with Gasteiger partial charge in [-0.15, -0.1) is 0 Å². The number of hydrogen-bond donors (Lipinski definition) is 0. The van der Waals surface area contributed by atoms with Gasteiger partial charge >= 0.3 is 5.82 Å². The Morgan fingerprint density at radius 3 is 2.92 bits per heavy atom. The minimum absolute atomic E-state index is 0.139. The highest BCUT2D eigenvalue weighted by Crippen LogP contribution is 2.25. The zero-order valence-corrected chi connectivity index (χ0v) is 7.82. The van der Waals surface area contributed by atoms with Crippen LogP contribution in [0.2, 0.25) is 0 Å². The van der Waals surface area contributed by atoms with E-state index in [9.17, 15) is 14.5 Å². The van der Waals surface area contributed by atoms with Gasteiger partial charge in [-0.1, -0.05) is 0 Å². The molecule has 7 heteroatoms. The number of hydrogen-bond acceptors (Lipinski definition) is 4. The number of halogens is 2. The lowest BCUT2D eigenvalue weighted by Crippen LogP contribution is -1.95. The first-order valence-electron chi connectivity index (χ1n) is 3.14. The zero-order chi connectivity index (χ0) is 9.84. The predicted molar refractivity (Wildman–Crippen MR) is 45.2 cm³/mol. The zero-order valence-electron chi connectivity index (χ0n) is 6.24. The van der Waals surface area contributed by atoms with Crippen molar-refractivity contribution in [2.24, 2.45) is 0 Å². The molecule has 0 aliphatic heterocycles. The molecular formula is C6H4BrFN2O3. The maximum absolute atomic E-state index is 11.7. The van der Waals surface area contributed by atoms with Crippen molar-refractivity contribution in [3.8, 4) is 5.75 Å². The van der Waals surface area contributed by atoms with E-state index in [-0.39, 0.29) is 16.0 Å². The molecule has 0 fully saturated rings. The number of aromatic nitrogens is 1. The van der Waals surface area contributed by atoms with Gasteiger partial charge in [0, 0.05) is 6.07 Å². The van der Waals surface area contributed by atoms with Crippen molar-refractivity contribution in [3.05, 3.63) is 26.9 Å². The molecule has 0 saturated heterocycles. The van der Waals surface area contributed by atoms with Crippen LogP contribution in [0.4, 0.5) is 10.2 Å². The lowest BCUT2D eigenvalue weighted by atomic mass is 10.4. The summed E-state index contributed by atoms with van der Waals surface area (Å²) in [5, 5.41) is 10.3. The van der Waals surface area contributed by atoms with Crippen molar-refractivity contribution in [1.29, 1.82) is 0 Å². The van der Waals surface area contributed by atoms with Crippen LogP contribution < -0.4 is 4.74 Å². The summed E-state index contributed by atoms with van der Waals surface area (Å²) in [4.78, 5) is 13.1. The van der Waals surface area contributed by atoms with Crippen LogP contribution >= 0.6 is 15.9 Å². The van der Waals surface area contributed by atoms with E-state index >= 15 is 0 Å². The van der Waals surface area contributed by atoms with Crippen LogP contribution in [0.25, 0.3) is 0 Å². The molecule has 1 aromatic heterocycles. The van der Waals surface area contributed by atoms with Gasteiger partial charge in [-0.05, 0) is 25.8 Å². The average Bonchev–Trinajstić information content (AvgIpc) is 2.04. The largest absolute Gasteiger partial charge is 0.459 e. The van der Waals surface area contributed by atoms with E-state index in [1.54, 1.807) is 0 Å². The molecule has 13 heavy (non-hydrogen) atoms. The van der Waals surface area contributed by atoms with E-state index in [0.29, 0.717) is 0 Å². The van der Waals surface area contributed by atoms with E-state index in [4.69, 9.17) is 0 Å². The Kier molecular flexibility index (Phi) is 3.13. The molecule has 5 nitrogen and oxygen atoms in total. The molecule has 70 valence electrons. The molecule has 0 unspecified atom stereocenters. The molecule has 0 aliphatic rings. The summed E-state index contributed by atoms with van der Waals surface area (Å²) in [6, 6.07) is 1.28. The molecule has 0 N–H and O–H groups in total. The van der Waals surface area contributed by atoms with E-state index in [0.717, 1.165) is 6.20 Å². The summed E-state index contributed by atoms with van der Waals surface area (Å²) in [6.45, 7) is -0.994. The maximum atomic E-state index is 11.7. The highest BCUT2D eigenvalue weighted by Gasteiger charge is 2.14. The molecule has 0 aliphatic carbocycles. The number of nitro groups is 1. The Morgan fingerprint density at radius 1 is 1.77 bits per heavy atom. The Morgan fingerprint density at radius 2 is 2.46 bits per heavy atom. The van der Waals surface area contributed by atoms with E-state index in [2.05, 4.69) is 25.7 Å². The van der Waals surface area contributed by atoms with E-state index < -0.39 is 11.8 Å². The van der Waals surface area contributed by atoms with Crippen molar-refractivity contribution in [3.63, 3.8) is 0 Å². The van der Waals surface area contributed by atoms with Gasteiger partial charge in [-0.2, -0.15) is 0 Å². The highest BCUT2D eigenvalue weighted by molar-refractivity contribution is 9.10. The van der Waals surface area contributed by atoms with Crippen LogP contribution in [0.5, 0.6) is 5.75 Å². The van der Waals surface area contributed by atoms with Crippen molar-refractivity contribution < 1.29 is 14.1 Å². The van der Waals surface area contributed by atoms with E-state index in [1.165, 1.54) is 6.07 Å². The van der Waals surface area contributed by atoms with Crippen LogP contribution in [-0.4, -0.2) is 16.8 Å². The molecule has 0 saturated carbocycles. The molecule has 0 bridgehead atoms. The Labute approximate surface area is 80.8 Å². The fraction of sp³-hybridized carbons (Fsp3) is 0.167. The summed E-state index contributed by atoms with van der Waals surface area (Å²) in [5.41, 5.74) is 0. The second kappa shape index (κ2) is 4.13. The monoisotopic (exact) mass is 250 g/mol. The summed E-state index contributed by atoms with van der Waals surface area (Å²) < 4.78 is 16.3. The molecule has 1 aromatic rings. The predicted octanol–water partition coefficient (Wildman–Crippen LogP) is 2.06. The van der Waals surface area contributed by atoms with Crippen LogP contribution in [0.3, 0.4) is 0 Å². The van der Waals surface area contributed by atoms with Gasteiger partial charge in [0.1, 0.15) is 4.47 Å². The minimum Gasteiger partial charge on any atom is -0.459 e. The van der Waals surface area contributed by atoms with Crippen LogP contribution in [-0.2, 0) is 0 Å². The summed E-state index contributed by atoms with van der Waals surface area (Å²) in [6.07, 6.45) is 1.09. The first-order valence-corrected chi connectivity index (χ1v) is 3.93. The third-order valence-electron chi connectivity index (χ3n) is 1.19. The Bertz CT molecular complexity index is 334. The quantitative estimate of drug-likeness (QED) is 0.609. The Hall–Kier alpha value is -1.24. The third kappa shape index (κ3) is 2.35. The molecule has 1 rings (SSSR count). The fourth-order valence-corrected chi connectivity index (χ4v) is 1.16. The molecule has 0 amide bonds. The smallest absolute Gasteiger partial charge is 0.378 e. The second-order valence-corrected chi connectivity index (χ2v) is 2.84. The van der Waals surface area contributed by atoms with Gasteiger partial charge in [0.25, 0.3) is 0 Å². The first kappa shape index (κ1) is 9.85. The number of alkyl halides is 1. The molecule has 1 heterocycles. The van der Waals surface area contributed by atoms with Crippen LogP contribution in [0.15, 0.2) is 16.7 Å². The average molecular weight is 251 g/mol. The summed E-state index contributed by atoms with van der Waals surface area (Å²) in [7, 11) is 0. The number of nitrogens with zero attached hydrogens (tertiary/aromatic N) is 2. The third-order valence-corrected chi connectivity index (χ3v) is 1.77. The maximum Gasteiger partial charge on any atom is 0.378 e. The molecule has 0 spiro atoms. The number of pyridine rings is 1. The van der Waals surface area contributed by atoms with Crippen molar-refractivity contribution in [2.45, 2.75) is 0 Å². The molecule has 0 atom stereocenters. The highest BCUT2D eigenvalue weighted by atomic mass is 79.9. The summed E-state index contributed by atoms with van der Waals surface area (Å²) >= 11 is 2.91. The van der Waals surface area contributed by atoms with E-state index in [1.807, 2.05) is 0 Å². The topological polar surface area (TPSA) is 65.3 Å². The van der Waals surface area contributed by atoms with Crippen LogP contribution in [0.1, 0.15) is 0 Å². The SMILES string of the molecule is O=[N+]([O-])c1ncc(OCF)cc1Br. The summed E-state index contributed by atoms with van der Waals surface area (Å²) in [5.74, 6) is -0.189. The van der Waals surface area contributed by atoms with Crippen molar-refractivity contribution in [1.82, 2.24) is 4.98 Å². The van der Waals surface area contributed by atoms with Gasteiger partial charge in [0.15, 0.2) is 11.9 Å². The van der Waals surface area contributed by atoms with Gasteiger partial charge in [-0.3, -0.25) is 0 Å². The van der Waals surface area contributed by atoms with Gasteiger partial charge in [0.05, 0.1) is 0 Å². The normalized spacial score (nSPS) is 9.69. The standard InChI is InChI=1S/C6H4BrFN2O3/c7-5-1-4(13-3-8)2-9-6(5)10(11)12/h1-2H,3H2. The minimum atomic E-state index is -0.994. The van der Waals surface area contributed by atoms with Crippen LogP contribution in [0, 0.1) is 10.1 Å². The first-order chi connectivity index (χ1) is 6.15. The lowest BCUT2D eigenvalue weighted by Gasteiger charge is -1.99. The molecule has 0 aromatic carbocycles. The fourth-order valence-electron chi connectivity index (χ4n) is 0.689. The second-order valence-electron chi connectivity index (χ2n) is 1.99. The van der Waals surface area contributed by atoms with Gasteiger partial charge in [0.2, 0.25) is 6.86 Å². The van der Waals surface area contributed by atoms with Crippen molar-refractivity contribution >= 4 is 21.7 Å². The van der Waals surface area contributed by atoms with Gasteiger partial charge in [-0.25, -0.2) is 4.39 Å². The molecule has 0 radical (unpaired) electrons.